The summed E-state index contributed by atoms with van der Waals surface area (Å²) in [6.07, 6.45) is 2.95. The fraction of sp³-hybridized carbons (Fsp3) is 0.647. The Bertz CT molecular complexity index is 376. The molecule has 0 aromatic heterocycles. The highest BCUT2D eigenvalue weighted by Gasteiger charge is 2.34. The number of hydrogen-bond acceptors (Lipinski definition) is 2. The highest BCUT2D eigenvalue weighted by atomic mass is 16.3. The second kappa shape index (κ2) is 6.53. The molecule has 0 radical (unpaired) electrons. The molecule has 0 bridgehead atoms. The molecular weight excluding hydrogens is 234 g/mol. The van der Waals surface area contributed by atoms with Crippen molar-refractivity contribution in [3.05, 3.63) is 35.9 Å². The molecule has 1 fully saturated rings. The van der Waals surface area contributed by atoms with Gasteiger partial charge in [0.1, 0.15) is 0 Å². The van der Waals surface area contributed by atoms with E-state index in [1.54, 1.807) is 0 Å². The molecule has 3 atom stereocenters. The summed E-state index contributed by atoms with van der Waals surface area (Å²) in [5.74, 6) is 0.599. The lowest BCUT2D eigenvalue weighted by molar-refractivity contribution is 0.00184. The maximum atomic E-state index is 10.3. The van der Waals surface area contributed by atoms with Crippen LogP contribution in [-0.2, 0) is 0 Å². The number of hydrogen-bond donors (Lipinski definition) is 1. The number of rotatable bonds is 4. The van der Waals surface area contributed by atoms with Crippen molar-refractivity contribution < 1.29 is 5.11 Å². The van der Waals surface area contributed by atoms with E-state index in [2.05, 4.69) is 56.0 Å². The van der Waals surface area contributed by atoms with Crippen LogP contribution in [0.25, 0.3) is 0 Å². The van der Waals surface area contributed by atoms with Gasteiger partial charge in [-0.15, -0.1) is 0 Å². The van der Waals surface area contributed by atoms with Crippen molar-refractivity contribution in [2.45, 2.75) is 64.1 Å². The molecule has 1 saturated carbocycles. The highest BCUT2D eigenvalue weighted by molar-refractivity contribution is 5.20. The van der Waals surface area contributed by atoms with Crippen molar-refractivity contribution in [1.82, 2.24) is 4.90 Å². The Balaban J connectivity index is 2.12. The molecule has 2 heteroatoms. The summed E-state index contributed by atoms with van der Waals surface area (Å²) in [6.45, 7) is 7.66. The zero-order valence-electron chi connectivity index (χ0n) is 12.4. The first kappa shape index (κ1) is 14.5. The van der Waals surface area contributed by atoms with Gasteiger partial charge in [-0.1, -0.05) is 37.3 Å². The Kier molecular flexibility index (Phi) is 5.00. The van der Waals surface area contributed by atoms with E-state index < -0.39 is 0 Å². The molecule has 1 aromatic rings. The van der Waals surface area contributed by atoms with E-state index >= 15 is 0 Å². The number of aliphatic hydroxyl groups excluding tert-OH is 1. The van der Waals surface area contributed by atoms with Crippen LogP contribution in [0.1, 0.15) is 51.5 Å². The van der Waals surface area contributed by atoms with Crippen LogP contribution in [0.5, 0.6) is 0 Å². The van der Waals surface area contributed by atoms with Crippen molar-refractivity contribution in [2.24, 2.45) is 0 Å². The van der Waals surface area contributed by atoms with Crippen molar-refractivity contribution in [1.29, 1.82) is 0 Å². The largest absolute Gasteiger partial charge is 0.391 e. The second-order valence-corrected chi connectivity index (χ2v) is 5.98. The summed E-state index contributed by atoms with van der Waals surface area (Å²) >= 11 is 0. The lowest BCUT2D eigenvalue weighted by Crippen LogP contribution is -2.49. The van der Waals surface area contributed by atoms with Gasteiger partial charge < -0.3 is 5.11 Å². The summed E-state index contributed by atoms with van der Waals surface area (Å²) in [5.41, 5.74) is 1.43. The van der Waals surface area contributed by atoms with Gasteiger partial charge in [0.25, 0.3) is 0 Å². The van der Waals surface area contributed by atoms with Crippen LogP contribution in [0.3, 0.4) is 0 Å². The van der Waals surface area contributed by atoms with Gasteiger partial charge in [0.2, 0.25) is 0 Å². The van der Waals surface area contributed by atoms with Gasteiger partial charge in [0.05, 0.1) is 6.10 Å². The van der Waals surface area contributed by atoms with E-state index in [9.17, 15) is 5.11 Å². The second-order valence-electron chi connectivity index (χ2n) is 5.98. The van der Waals surface area contributed by atoms with Crippen LogP contribution in [0, 0.1) is 0 Å². The van der Waals surface area contributed by atoms with E-state index in [0.717, 1.165) is 25.8 Å². The zero-order chi connectivity index (χ0) is 13.8. The van der Waals surface area contributed by atoms with Crippen molar-refractivity contribution >= 4 is 0 Å². The van der Waals surface area contributed by atoms with E-state index in [1.807, 2.05) is 0 Å². The van der Waals surface area contributed by atoms with Crippen molar-refractivity contribution in [3.63, 3.8) is 0 Å². The van der Waals surface area contributed by atoms with Gasteiger partial charge in [-0.25, -0.2) is 0 Å². The molecular formula is C17H27NO. The molecule has 106 valence electrons. The monoisotopic (exact) mass is 261 g/mol. The smallest absolute Gasteiger partial charge is 0.0695 e. The number of benzene rings is 1. The molecule has 0 saturated heterocycles. The molecule has 1 aromatic carbocycles. The normalized spacial score (nSPS) is 28.0. The van der Waals surface area contributed by atoms with Crippen LogP contribution in [-0.4, -0.2) is 34.7 Å². The molecule has 1 aliphatic rings. The van der Waals surface area contributed by atoms with Crippen molar-refractivity contribution in [3.8, 4) is 0 Å². The van der Waals surface area contributed by atoms with Crippen LogP contribution in [0.2, 0.25) is 0 Å². The van der Waals surface area contributed by atoms with E-state index in [4.69, 9.17) is 0 Å². The number of likely N-dealkylation sites (N-methyl/N-ethyl adjacent to an activating group) is 1. The predicted molar refractivity (Wildman–Crippen MR) is 80.3 cm³/mol. The minimum absolute atomic E-state index is 0.165. The molecule has 2 rings (SSSR count). The number of aliphatic hydroxyl groups is 1. The van der Waals surface area contributed by atoms with Crippen LogP contribution < -0.4 is 0 Å². The highest BCUT2D eigenvalue weighted by Crippen LogP contribution is 2.35. The Morgan fingerprint density at radius 3 is 2.47 bits per heavy atom. The Hall–Kier alpha value is -0.860. The first-order valence-corrected chi connectivity index (χ1v) is 7.62. The van der Waals surface area contributed by atoms with Crippen LogP contribution in [0.15, 0.2) is 30.3 Å². The Morgan fingerprint density at radius 2 is 1.89 bits per heavy atom. The van der Waals surface area contributed by atoms with Gasteiger partial charge in [-0.05, 0) is 51.1 Å². The molecule has 1 N–H and O–H groups in total. The van der Waals surface area contributed by atoms with Gasteiger partial charge in [0, 0.05) is 12.1 Å². The van der Waals surface area contributed by atoms with Crippen LogP contribution >= 0.6 is 0 Å². The molecule has 3 unspecified atom stereocenters. The number of nitrogens with zero attached hydrogens (tertiary/aromatic N) is 1. The molecule has 2 nitrogen and oxygen atoms in total. The summed E-state index contributed by atoms with van der Waals surface area (Å²) in [6, 6.07) is 11.6. The van der Waals surface area contributed by atoms with Gasteiger partial charge in [0.15, 0.2) is 0 Å². The van der Waals surface area contributed by atoms with Gasteiger partial charge in [-0.2, -0.15) is 0 Å². The van der Waals surface area contributed by atoms with E-state index in [-0.39, 0.29) is 6.10 Å². The SMILES string of the molecule is CCN(C(C)C)C1CC(c2ccccc2)CCC1O. The fourth-order valence-electron chi connectivity index (χ4n) is 3.50. The van der Waals surface area contributed by atoms with Crippen LogP contribution in [0.4, 0.5) is 0 Å². The zero-order valence-corrected chi connectivity index (χ0v) is 12.4. The molecule has 0 spiro atoms. The fourth-order valence-corrected chi connectivity index (χ4v) is 3.50. The van der Waals surface area contributed by atoms with Gasteiger partial charge >= 0.3 is 0 Å². The average Bonchev–Trinajstić information content (AvgIpc) is 2.42. The first-order chi connectivity index (χ1) is 9.13. The minimum Gasteiger partial charge on any atom is -0.391 e. The average molecular weight is 261 g/mol. The minimum atomic E-state index is -0.165. The predicted octanol–water partition coefficient (Wildman–Crippen LogP) is 3.41. The first-order valence-electron chi connectivity index (χ1n) is 7.62. The third-order valence-electron chi connectivity index (χ3n) is 4.51. The summed E-state index contributed by atoms with van der Waals surface area (Å²) < 4.78 is 0. The van der Waals surface area contributed by atoms with E-state index in [0.29, 0.717) is 18.0 Å². The quantitative estimate of drug-likeness (QED) is 0.898. The van der Waals surface area contributed by atoms with Crippen molar-refractivity contribution in [2.75, 3.05) is 6.54 Å². The molecule has 0 amide bonds. The van der Waals surface area contributed by atoms with E-state index in [1.165, 1.54) is 5.56 Å². The lowest BCUT2D eigenvalue weighted by Gasteiger charge is -2.42. The topological polar surface area (TPSA) is 23.5 Å². The summed E-state index contributed by atoms with van der Waals surface area (Å²) in [7, 11) is 0. The molecule has 19 heavy (non-hydrogen) atoms. The molecule has 0 aliphatic heterocycles. The molecule has 1 aliphatic carbocycles. The van der Waals surface area contributed by atoms with Gasteiger partial charge in [-0.3, -0.25) is 4.90 Å². The third kappa shape index (κ3) is 3.37. The maximum absolute atomic E-state index is 10.3. The molecule has 0 heterocycles. The standard InChI is InChI=1S/C17H27NO/c1-4-18(13(2)3)16-12-15(10-11-17(16)19)14-8-6-5-7-9-14/h5-9,13,15-17,19H,4,10-12H2,1-3H3. The summed E-state index contributed by atoms with van der Waals surface area (Å²) in [4.78, 5) is 2.44. The Labute approximate surface area is 117 Å². The third-order valence-corrected chi connectivity index (χ3v) is 4.51. The Morgan fingerprint density at radius 1 is 1.21 bits per heavy atom. The maximum Gasteiger partial charge on any atom is 0.0695 e. The summed E-state index contributed by atoms with van der Waals surface area (Å²) in [5, 5.41) is 10.3. The lowest BCUT2D eigenvalue weighted by atomic mass is 9.79.